The van der Waals surface area contributed by atoms with Crippen molar-refractivity contribution >= 4 is 23.1 Å². The van der Waals surface area contributed by atoms with E-state index in [0.717, 1.165) is 5.56 Å². The summed E-state index contributed by atoms with van der Waals surface area (Å²) in [6.45, 7) is 1.85. The zero-order valence-electron chi connectivity index (χ0n) is 10.5. The minimum Gasteiger partial charge on any atom is -0.487 e. The number of hydrogen-bond donors (Lipinski definition) is 1. The van der Waals surface area contributed by atoms with Crippen LogP contribution in [0.3, 0.4) is 0 Å². The van der Waals surface area contributed by atoms with Gasteiger partial charge in [-0.3, -0.25) is 4.79 Å². The summed E-state index contributed by atoms with van der Waals surface area (Å²) in [6, 6.07) is 12.9. The van der Waals surface area contributed by atoms with Crippen molar-refractivity contribution in [1.82, 2.24) is 0 Å². The number of carbonyl (C=O) groups is 1. The minimum absolute atomic E-state index is 0.119. The van der Waals surface area contributed by atoms with Gasteiger partial charge in [-0.2, -0.15) is 0 Å². The fraction of sp³-hybridized carbons (Fsp3) is 0.133. The van der Waals surface area contributed by atoms with Crippen LogP contribution < -0.4 is 10.5 Å². The van der Waals surface area contributed by atoms with E-state index in [2.05, 4.69) is 0 Å². The largest absolute Gasteiger partial charge is 0.487 e. The second-order valence-electron chi connectivity index (χ2n) is 4.20. The van der Waals surface area contributed by atoms with E-state index >= 15 is 0 Å². The molecule has 0 aliphatic carbocycles. The normalized spacial score (nSPS) is 10.2. The summed E-state index contributed by atoms with van der Waals surface area (Å²) < 4.78 is 5.62. The van der Waals surface area contributed by atoms with Gasteiger partial charge in [0.1, 0.15) is 12.4 Å². The van der Waals surface area contributed by atoms with Gasteiger partial charge in [0.2, 0.25) is 0 Å². The molecule has 0 unspecified atom stereocenters. The van der Waals surface area contributed by atoms with E-state index in [1.54, 1.807) is 12.1 Å². The third-order valence-corrected chi connectivity index (χ3v) is 3.03. The fourth-order valence-electron chi connectivity index (χ4n) is 1.70. The number of halogens is 1. The van der Waals surface area contributed by atoms with Crippen molar-refractivity contribution in [2.24, 2.45) is 0 Å². The molecule has 0 heterocycles. The highest BCUT2D eigenvalue weighted by atomic mass is 35.5. The predicted molar refractivity (Wildman–Crippen MR) is 76.6 cm³/mol. The van der Waals surface area contributed by atoms with Crippen LogP contribution >= 0.6 is 11.6 Å². The lowest BCUT2D eigenvalue weighted by molar-refractivity contribution is 0.101. The average Bonchev–Trinajstić information content (AvgIpc) is 2.40. The average molecular weight is 276 g/mol. The van der Waals surface area contributed by atoms with Crippen LogP contribution in [0.5, 0.6) is 5.75 Å². The van der Waals surface area contributed by atoms with Gasteiger partial charge in [-0.25, -0.2) is 0 Å². The molecule has 2 rings (SSSR count). The number of anilines is 1. The zero-order valence-corrected chi connectivity index (χ0v) is 11.3. The summed E-state index contributed by atoms with van der Waals surface area (Å²) in [7, 11) is 0. The van der Waals surface area contributed by atoms with Crippen molar-refractivity contribution in [1.29, 1.82) is 0 Å². The molecule has 0 aliphatic heterocycles. The molecule has 0 spiro atoms. The topological polar surface area (TPSA) is 52.3 Å². The molecule has 0 aliphatic rings. The van der Waals surface area contributed by atoms with E-state index in [9.17, 15) is 4.79 Å². The molecule has 0 bridgehead atoms. The Kier molecular flexibility index (Phi) is 4.07. The number of ether oxygens (including phenoxy) is 1. The van der Waals surface area contributed by atoms with Crippen molar-refractivity contribution < 1.29 is 9.53 Å². The van der Waals surface area contributed by atoms with Gasteiger partial charge in [-0.15, -0.1) is 0 Å². The molecule has 3 nitrogen and oxygen atoms in total. The maximum Gasteiger partial charge on any atom is 0.161 e. The van der Waals surface area contributed by atoms with Crippen LogP contribution in [0.2, 0.25) is 5.02 Å². The monoisotopic (exact) mass is 275 g/mol. The van der Waals surface area contributed by atoms with E-state index in [1.165, 1.54) is 6.92 Å². The maximum atomic E-state index is 11.3. The number of Topliss-reactive ketones (excluding diaryl/α,β-unsaturated/α-hetero) is 1. The van der Waals surface area contributed by atoms with Gasteiger partial charge in [0.05, 0.1) is 10.7 Å². The quantitative estimate of drug-likeness (QED) is 0.684. The molecule has 4 heteroatoms. The second kappa shape index (κ2) is 5.76. The molecule has 2 N–H and O–H groups in total. The van der Waals surface area contributed by atoms with Crippen LogP contribution in [0.1, 0.15) is 22.8 Å². The first-order valence-corrected chi connectivity index (χ1v) is 6.22. The standard InChI is InChI=1S/C15H14ClNO2/c1-10(18)12-7-14(17)15(8-13(12)16)19-9-11-5-3-2-4-6-11/h2-8H,9,17H2,1H3. The van der Waals surface area contributed by atoms with Gasteiger partial charge in [-0.05, 0) is 18.6 Å². The molecule has 98 valence electrons. The van der Waals surface area contributed by atoms with Crippen molar-refractivity contribution in [3.63, 3.8) is 0 Å². The van der Waals surface area contributed by atoms with Gasteiger partial charge < -0.3 is 10.5 Å². The number of rotatable bonds is 4. The smallest absolute Gasteiger partial charge is 0.161 e. The SMILES string of the molecule is CC(=O)c1cc(N)c(OCc2ccccc2)cc1Cl. The zero-order chi connectivity index (χ0) is 13.8. The van der Waals surface area contributed by atoms with Gasteiger partial charge in [0.25, 0.3) is 0 Å². The first-order valence-electron chi connectivity index (χ1n) is 5.84. The molecule has 0 aromatic heterocycles. The third-order valence-electron chi connectivity index (χ3n) is 2.72. The van der Waals surface area contributed by atoms with Crippen LogP contribution in [-0.4, -0.2) is 5.78 Å². The number of nitrogens with two attached hydrogens (primary N) is 1. The highest BCUT2D eigenvalue weighted by molar-refractivity contribution is 6.34. The van der Waals surface area contributed by atoms with E-state index < -0.39 is 0 Å². The fourth-order valence-corrected chi connectivity index (χ4v) is 1.99. The molecule has 2 aromatic carbocycles. The molecule has 0 radical (unpaired) electrons. The molecule has 0 amide bonds. The summed E-state index contributed by atoms with van der Waals surface area (Å²) in [4.78, 5) is 11.3. The van der Waals surface area contributed by atoms with Crippen LogP contribution in [-0.2, 0) is 6.61 Å². The first kappa shape index (κ1) is 13.4. The molecule has 0 atom stereocenters. The van der Waals surface area contributed by atoms with Crippen molar-refractivity contribution in [3.8, 4) is 5.75 Å². The molecular formula is C15H14ClNO2. The Bertz CT molecular complexity index is 597. The van der Waals surface area contributed by atoms with Crippen molar-refractivity contribution in [2.45, 2.75) is 13.5 Å². The number of hydrogen-bond acceptors (Lipinski definition) is 3. The minimum atomic E-state index is -0.119. The Labute approximate surface area is 117 Å². The van der Waals surface area contributed by atoms with Crippen LogP contribution in [0.25, 0.3) is 0 Å². The van der Waals surface area contributed by atoms with E-state index in [-0.39, 0.29) is 5.78 Å². The Balaban J connectivity index is 2.17. The summed E-state index contributed by atoms with van der Waals surface area (Å²) >= 11 is 6.02. The third kappa shape index (κ3) is 3.26. The van der Waals surface area contributed by atoms with Gasteiger partial charge >= 0.3 is 0 Å². The molecule has 0 saturated heterocycles. The van der Waals surface area contributed by atoms with Crippen molar-refractivity contribution in [2.75, 3.05) is 5.73 Å². The predicted octanol–water partition coefficient (Wildman–Crippen LogP) is 3.70. The van der Waals surface area contributed by atoms with Gasteiger partial charge in [-0.1, -0.05) is 41.9 Å². The summed E-state index contributed by atoms with van der Waals surface area (Å²) in [5, 5.41) is 0.352. The molecule has 0 saturated carbocycles. The van der Waals surface area contributed by atoms with Crippen LogP contribution in [0, 0.1) is 0 Å². The Hall–Kier alpha value is -2.00. The number of nitrogen functional groups attached to an aromatic ring is 1. The highest BCUT2D eigenvalue weighted by Crippen LogP contribution is 2.30. The second-order valence-corrected chi connectivity index (χ2v) is 4.61. The van der Waals surface area contributed by atoms with Crippen LogP contribution in [0.15, 0.2) is 42.5 Å². The number of benzene rings is 2. The first-order chi connectivity index (χ1) is 9.08. The molecule has 19 heavy (non-hydrogen) atoms. The van der Waals surface area contributed by atoms with Gasteiger partial charge in [0.15, 0.2) is 5.78 Å². The van der Waals surface area contributed by atoms with Gasteiger partial charge in [0, 0.05) is 11.6 Å². The molecule has 0 fully saturated rings. The Morgan fingerprint density at radius 2 is 1.95 bits per heavy atom. The highest BCUT2D eigenvalue weighted by Gasteiger charge is 2.11. The number of carbonyl (C=O) groups excluding carboxylic acids is 1. The van der Waals surface area contributed by atoms with Crippen molar-refractivity contribution in [3.05, 3.63) is 58.6 Å². The lowest BCUT2D eigenvalue weighted by atomic mass is 10.1. The number of ketones is 1. The lowest BCUT2D eigenvalue weighted by Gasteiger charge is -2.11. The van der Waals surface area contributed by atoms with E-state index in [0.29, 0.717) is 28.6 Å². The summed E-state index contributed by atoms with van der Waals surface area (Å²) in [5.41, 5.74) is 7.71. The Morgan fingerprint density at radius 3 is 2.58 bits per heavy atom. The summed E-state index contributed by atoms with van der Waals surface area (Å²) in [5.74, 6) is 0.366. The Morgan fingerprint density at radius 1 is 1.26 bits per heavy atom. The lowest BCUT2D eigenvalue weighted by Crippen LogP contribution is -2.02. The van der Waals surface area contributed by atoms with Crippen LogP contribution in [0.4, 0.5) is 5.69 Å². The molecule has 2 aromatic rings. The van der Waals surface area contributed by atoms with E-state index in [1.807, 2.05) is 30.3 Å². The van der Waals surface area contributed by atoms with E-state index in [4.69, 9.17) is 22.1 Å². The molecular weight excluding hydrogens is 262 g/mol. The summed E-state index contributed by atoms with van der Waals surface area (Å²) in [6.07, 6.45) is 0. The maximum absolute atomic E-state index is 11.3.